The lowest BCUT2D eigenvalue weighted by Crippen LogP contribution is -2.36. The highest BCUT2D eigenvalue weighted by Gasteiger charge is 2.36. The van der Waals surface area contributed by atoms with Gasteiger partial charge >= 0.3 is 10.1 Å². The number of nitro groups is 1. The first-order valence-electron chi connectivity index (χ1n) is 12.3. The summed E-state index contributed by atoms with van der Waals surface area (Å²) in [5, 5.41) is 15.1. The van der Waals surface area contributed by atoms with E-state index in [1.807, 2.05) is 30.3 Å². The van der Waals surface area contributed by atoms with Gasteiger partial charge in [0.05, 0.1) is 9.83 Å². The van der Waals surface area contributed by atoms with Crippen molar-refractivity contribution in [1.29, 1.82) is 0 Å². The minimum atomic E-state index is -4.36. The quantitative estimate of drug-likeness (QED) is 0.119. The summed E-state index contributed by atoms with van der Waals surface area (Å²) < 4.78 is 30.4. The van der Waals surface area contributed by atoms with E-state index in [0.29, 0.717) is 28.6 Å². The maximum atomic E-state index is 12.9. The zero-order valence-electron chi connectivity index (χ0n) is 21.8. The van der Waals surface area contributed by atoms with Crippen molar-refractivity contribution in [2.75, 3.05) is 11.9 Å². The third-order valence-electron chi connectivity index (χ3n) is 6.29. The number of imide groups is 1. The van der Waals surface area contributed by atoms with Crippen molar-refractivity contribution < 1.29 is 31.9 Å². The average Bonchev–Trinajstić information content (AvgIpc) is 3.21. The average molecular weight is 604 g/mol. The third-order valence-corrected chi connectivity index (χ3v) is 8.44. The van der Waals surface area contributed by atoms with Crippen LogP contribution in [0.3, 0.4) is 0 Å². The first kappa shape index (κ1) is 28.5. The Balaban J connectivity index is 1.25. The van der Waals surface area contributed by atoms with Crippen LogP contribution in [0.25, 0.3) is 16.8 Å². The molecule has 0 spiro atoms. The largest absolute Gasteiger partial charge is 0.379 e. The lowest BCUT2D eigenvalue weighted by atomic mass is 10.1. The number of hydrogen-bond acceptors (Lipinski definition) is 9. The van der Waals surface area contributed by atoms with Crippen LogP contribution in [0.2, 0.25) is 0 Å². The van der Waals surface area contributed by atoms with Crippen LogP contribution >= 0.6 is 11.8 Å². The predicted octanol–water partition coefficient (Wildman–Crippen LogP) is 5.50. The van der Waals surface area contributed by atoms with Gasteiger partial charge in [0.1, 0.15) is 17.2 Å². The molecule has 13 heteroatoms. The number of nitrogens with one attached hydrogen (secondary N) is 1. The number of aryl methyl sites for hydroxylation is 1. The molecule has 4 aromatic rings. The van der Waals surface area contributed by atoms with Gasteiger partial charge in [-0.15, -0.1) is 0 Å². The molecule has 0 unspecified atom stereocenters. The monoisotopic (exact) mass is 603 g/mol. The fourth-order valence-corrected chi connectivity index (χ4v) is 5.98. The Labute approximate surface area is 244 Å². The molecule has 4 aromatic carbocycles. The van der Waals surface area contributed by atoms with Gasteiger partial charge in [0.25, 0.3) is 16.8 Å². The summed E-state index contributed by atoms with van der Waals surface area (Å²) in [5.41, 5.74) is 0.982. The van der Waals surface area contributed by atoms with Crippen LogP contribution in [0.4, 0.5) is 16.2 Å². The molecule has 1 heterocycles. The molecule has 11 nitrogen and oxygen atoms in total. The van der Waals surface area contributed by atoms with Gasteiger partial charge in [0.15, 0.2) is 0 Å². The van der Waals surface area contributed by atoms with Gasteiger partial charge in [-0.2, -0.15) is 8.42 Å². The van der Waals surface area contributed by atoms with Crippen LogP contribution in [0, 0.1) is 17.0 Å². The van der Waals surface area contributed by atoms with E-state index in [1.165, 1.54) is 49.4 Å². The molecule has 1 saturated heterocycles. The van der Waals surface area contributed by atoms with Gasteiger partial charge in [-0.25, -0.2) is 0 Å². The molecule has 1 aliphatic rings. The van der Waals surface area contributed by atoms with Crippen LogP contribution in [0.1, 0.15) is 11.1 Å². The van der Waals surface area contributed by atoms with Gasteiger partial charge in [-0.1, -0.05) is 54.6 Å². The molecule has 0 bridgehead atoms. The van der Waals surface area contributed by atoms with Crippen LogP contribution in [-0.2, 0) is 19.7 Å². The summed E-state index contributed by atoms with van der Waals surface area (Å²) in [6, 6.07) is 22.0. The van der Waals surface area contributed by atoms with E-state index in [1.54, 1.807) is 12.1 Å². The van der Waals surface area contributed by atoms with Gasteiger partial charge in [0.2, 0.25) is 5.91 Å². The molecule has 5 rings (SSSR count). The summed E-state index contributed by atoms with van der Waals surface area (Å²) in [6.07, 6.45) is 1.44. The second-order valence-corrected chi connectivity index (χ2v) is 11.7. The number of thioether (sulfide) groups is 1. The predicted molar refractivity (Wildman–Crippen MR) is 157 cm³/mol. The molecule has 212 valence electrons. The van der Waals surface area contributed by atoms with Crippen LogP contribution < -0.4 is 9.50 Å². The van der Waals surface area contributed by atoms with Crippen LogP contribution in [0.5, 0.6) is 5.75 Å². The molecular weight excluding hydrogens is 582 g/mol. The topological polar surface area (TPSA) is 153 Å². The smallest absolute Gasteiger partial charge is 0.339 e. The number of fused-ring (bicyclic) bond motifs is 1. The Morgan fingerprint density at radius 2 is 1.74 bits per heavy atom. The number of anilines is 1. The Bertz CT molecular complexity index is 1900. The van der Waals surface area contributed by atoms with E-state index in [4.69, 9.17) is 4.18 Å². The zero-order valence-corrected chi connectivity index (χ0v) is 23.5. The molecule has 0 radical (unpaired) electrons. The summed E-state index contributed by atoms with van der Waals surface area (Å²) in [4.78, 5) is 49.2. The number of nitro benzene ring substituents is 1. The van der Waals surface area contributed by atoms with E-state index in [-0.39, 0.29) is 21.2 Å². The summed E-state index contributed by atoms with van der Waals surface area (Å²) in [5.74, 6) is -1.23. The van der Waals surface area contributed by atoms with E-state index < -0.39 is 38.6 Å². The highest BCUT2D eigenvalue weighted by atomic mass is 32.2. The molecule has 0 aliphatic carbocycles. The first-order valence-corrected chi connectivity index (χ1v) is 14.6. The van der Waals surface area contributed by atoms with Crippen molar-refractivity contribution in [3.8, 4) is 5.75 Å². The van der Waals surface area contributed by atoms with Crippen molar-refractivity contribution in [1.82, 2.24) is 4.90 Å². The van der Waals surface area contributed by atoms with Crippen molar-refractivity contribution in [2.45, 2.75) is 11.8 Å². The Morgan fingerprint density at radius 3 is 2.48 bits per heavy atom. The number of benzene rings is 4. The minimum Gasteiger partial charge on any atom is -0.379 e. The van der Waals surface area contributed by atoms with Crippen LogP contribution in [0.15, 0.2) is 94.7 Å². The minimum absolute atomic E-state index is 0.0615. The molecule has 0 atom stereocenters. The van der Waals surface area contributed by atoms with E-state index in [2.05, 4.69) is 5.32 Å². The SMILES string of the molecule is Cc1ccc(S(=O)(=O)Oc2ccc(/C=C3\SC(=O)N(CC(=O)Nc4cccc5ccccc45)C3=O)cc2)cc1[N+](=O)[O-]. The maximum Gasteiger partial charge on any atom is 0.339 e. The lowest BCUT2D eigenvalue weighted by Gasteiger charge is -2.13. The Morgan fingerprint density at radius 1 is 1.02 bits per heavy atom. The highest BCUT2D eigenvalue weighted by molar-refractivity contribution is 8.18. The van der Waals surface area contributed by atoms with Crippen LogP contribution in [-0.4, -0.2) is 41.8 Å². The van der Waals surface area contributed by atoms with Crippen molar-refractivity contribution in [2.24, 2.45) is 0 Å². The maximum absolute atomic E-state index is 12.9. The summed E-state index contributed by atoms with van der Waals surface area (Å²) in [7, 11) is -4.36. The number of hydrogen-bond donors (Lipinski definition) is 1. The van der Waals surface area contributed by atoms with Gasteiger partial charge < -0.3 is 9.50 Å². The first-order chi connectivity index (χ1) is 20.0. The van der Waals surface area contributed by atoms with Gasteiger partial charge in [-0.05, 0) is 60.0 Å². The number of carbonyl (C=O) groups is 3. The van der Waals surface area contributed by atoms with E-state index >= 15 is 0 Å². The van der Waals surface area contributed by atoms with Crippen molar-refractivity contribution >= 4 is 67.2 Å². The molecule has 0 saturated carbocycles. The second kappa shape index (κ2) is 11.5. The third kappa shape index (κ3) is 6.01. The molecule has 1 N–H and O–H groups in total. The van der Waals surface area contributed by atoms with Gasteiger partial charge in [0, 0.05) is 22.7 Å². The number of rotatable bonds is 8. The molecule has 42 heavy (non-hydrogen) atoms. The summed E-state index contributed by atoms with van der Waals surface area (Å²) >= 11 is 0.680. The molecule has 0 aromatic heterocycles. The molecule has 1 fully saturated rings. The number of nitrogens with zero attached hydrogens (tertiary/aromatic N) is 2. The highest BCUT2D eigenvalue weighted by Crippen LogP contribution is 2.33. The molecular formula is C29H21N3O8S2. The molecule has 1 aliphatic heterocycles. The standard InChI is InChI=1S/C29H21N3O8S2/c1-18-9-14-22(16-25(18)32(36)37)42(38,39)40-21-12-10-19(11-13-21)15-26-28(34)31(29(35)41-26)17-27(33)30-24-8-4-6-20-5-2-3-7-23(20)24/h2-16H,17H2,1H3,(H,30,33)/b26-15-. The van der Waals surface area contributed by atoms with Crippen molar-refractivity contribution in [3.63, 3.8) is 0 Å². The summed E-state index contributed by atoms with van der Waals surface area (Å²) in [6.45, 7) is 1.02. The number of amides is 3. The normalized spacial score (nSPS) is 14.4. The number of carbonyl (C=O) groups excluding carboxylic acids is 3. The van der Waals surface area contributed by atoms with Crippen molar-refractivity contribution in [3.05, 3.63) is 111 Å². The Kier molecular flexibility index (Phi) is 7.79. The Hall–Kier alpha value is -5.01. The fourth-order valence-electron chi connectivity index (χ4n) is 4.19. The molecule has 3 amide bonds. The zero-order chi connectivity index (χ0) is 30.0. The van der Waals surface area contributed by atoms with Gasteiger partial charge in [-0.3, -0.25) is 29.4 Å². The van der Waals surface area contributed by atoms with E-state index in [9.17, 15) is 32.9 Å². The fraction of sp³-hybridized carbons (Fsp3) is 0.0690. The lowest BCUT2D eigenvalue weighted by molar-refractivity contribution is -0.385. The van der Waals surface area contributed by atoms with E-state index in [0.717, 1.165) is 21.7 Å². The second-order valence-electron chi connectivity index (χ2n) is 9.15.